The van der Waals surface area contributed by atoms with Gasteiger partial charge in [0.1, 0.15) is 0 Å². The molecule has 0 unspecified atom stereocenters. The van der Waals surface area contributed by atoms with E-state index >= 15 is 0 Å². The van der Waals surface area contributed by atoms with E-state index in [4.69, 9.17) is 5.73 Å². The summed E-state index contributed by atoms with van der Waals surface area (Å²) >= 11 is 0. The Kier molecular flexibility index (Phi) is 5.36. The van der Waals surface area contributed by atoms with Crippen LogP contribution < -0.4 is 11.1 Å². The number of carbonyl (C=O) groups excluding carboxylic acids is 1. The molecule has 0 saturated heterocycles. The number of hydrogen-bond acceptors (Lipinski definition) is 4. The second kappa shape index (κ2) is 6.33. The van der Waals surface area contributed by atoms with E-state index in [1.54, 1.807) is 0 Å². The van der Waals surface area contributed by atoms with Crippen molar-refractivity contribution in [2.45, 2.75) is 24.8 Å². The molecule has 1 aliphatic carbocycles. The van der Waals surface area contributed by atoms with Gasteiger partial charge in [-0.25, -0.2) is 0 Å². The van der Waals surface area contributed by atoms with Crippen LogP contribution >= 0.6 is 0 Å². The maximum absolute atomic E-state index is 11.6. The second-order valence-corrected chi connectivity index (χ2v) is 5.28. The van der Waals surface area contributed by atoms with Gasteiger partial charge in [-0.2, -0.15) is 0 Å². The molecule has 17 heavy (non-hydrogen) atoms. The summed E-state index contributed by atoms with van der Waals surface area (Å²) in [6.07, 6.45) is 3.76. The first-order chi connectivity index (χ1) is 8.00. The van der Waals surface area contributed by atoms with Gasteiger partial charge in [-0.3, -0.25) is 9.69 Å². The first-order valence-corrected chi connectivity index (χ1v) is 6.33. The van der Waals surface area contributed by atoms with Gasteiger partial charge in [0, 0.05) is 25.2 Å². The lowest BCUT2D eigenvalue weighted by Crippen LogP contribution is -2.57. The number of carbonyl (C=O) groups is 1. The molecule has 0 aromatic rings. The highest BCUT2D eigenvalue weighted by Crippen LogP contribution is 2.36. The lowest BCUT2D eigenvalue weighted by atomic mass is 9.75. The fraction of sp³-hybridized carbons (Fsp3) is 0.917. The van der Waals surface area contributed by atoms with E-state index in [1.807, 2.05) is 7.05 Å². The molecule has 1 fully saturated rings. The Balaban J connectivity index is 2.33. The van der Waals surface area contributed by atoms with E-state index in [-0.39, 0.29) is 11.4 Å². The number of likely N-dealkylation sites (N-methyl/N-ethyl adjacent to an activating group) is 2. The fourth-order valence-electron chi connectivity index (χ4n) is 2.40. The van der Waals surface area contributed by atoms with Crippen LogP contribution in [0.5, 0.6) is 0 Å². The van der Waals surface area contributed by atoms with Crippen LogP contribution in [0.25, 0.3) is 0 Å². The van der Waals surface area contributed by atoms with Gasteiger partial charge in [0.25, 0.3) is 0 Å². The third-order valence-electron chi connectivity index (χ3n) is 3.68. The zero-order valence-electron chi connectivity index (χ0n) is 11.3. The van der Waals surface area contributed by atoms with Crippen molar-refractivity contribution in [2.24, 2.45) is 5.73 Å². The number of nitrogens with one attached hydrogen (secondary N) is 1. The summed E-state index contributed by atoms with van der Waals surface area (Å²) in [5, 5.41) is 2.80. The summed E-state index contributed by atoms with van der Waals surface area (Å²) in [4.78, 5) is 16.0. The Morgan fingerprint density at radius 3 is 2.41 bits per heavy atom. The van der Waals surface area contributed by atoms with Crippen LogP contribution in [-0.4, -0.2) is 68.6 Å². The van der Waals surface area contributed by atoms with Gasteiger partial charge in [0.2, 0.25) is 5.91 Å². The Morgan fingerprint density at radius 2 is 2.00 bits per heavy atom. The number of rotatable bonds is 7. The summed E-state index contributed by atoms with van der Waals surface area (Å²) < 4.78 is 0. The first-order valence-electron chi connectivity index (χ1n) is 6.33. The van der Waals surface area contributed by atoms with Crippen LogP contribution in [0.4, 0.5) is 0 Å². The van der Waals surface area contributed by atoms with Crippen LogP contribution in [0.1, 0.15) is 19.3 Å². The fourth-order valence-corrected chi connectivity index (χ4v) is 2.40. The minimum Gasteiger partial charge on any atom is -0.354 e. The maximum atomic E-state index is 11.6. The molecule has 1 amide bonds. The summed E-state index contributed by atoms with van der Waals surface area (Å²) in [7, 11) is 6.26. The molecular weight excluding hydrogens is 216 g/mol. The summed E-state index contributed by atoms with van der Waals surface area (Å²) in [5.41, 5.74) is 5.63. The summed E-state index contributed by atoms with van der Waals surface area (Å²) in [6, 6.07) is 0. The smallest absolute Gasteiger partial charge is 0.234 e. The quantitative estimate of drug-likeness (QED) is 0.630. The molecule has 1 saturated carbocycles. The lowest BCUT2D eigenvalue weighted by molar-refractivity contribution is -0.122. The van der Waals surface area contributed by atoms with Crippen LogP contribution in [0.3, 0.4) is 0 Å². The summed E-state index contributed by atoms with van der Waals surface area (Å²) in [6.45, 7) is 2.47. The Morgan fingerprint density at radius 1 is 1.35 bits per heavy atom. The van der Waals surface area contributed by atoms with Crippen LogP contribution in [0.15, 0.2) is 0 Å². The highest BCUT2D eigenvalue weighted by molar-refractivity contribution is 5.77. The van der Waals surface area contributed by atoms with Gasteiger partial charge < -0.3 is 16.0 Å². The van der Waals surface area contributed by atoms with Gasteiger partial charge >= 0.3 is 0 Å². The SMILES string of the molecule is CN(CC(=O)NCCN)CC1(N(C)C)CCC1. The maximum Gasteiger partial charge on any atom is 0.234 e. The average Bonchev–Trinajstić information content (AvgIpc) is 2.19. The lowest BCUT2D eigenvalue weighted by Gasteiger charge is -2.49. The molecule has 0 aromatic carbocycles. The Bertz CT molecular complexity index is 251. The van der Waals surface area contributed by atoms with Gasteiger partial charge in [0.15, 0.2) is 0 Å². The molecule has 0 bridgehead atoms. The third kappa shape index (κ3) is 3.94. The molecule has 0 aliphatic heterocycles. The van der Waals surface area contributed by atoms with Crippen molar-refractivity contribution in [3.05, 3.63) is 0 Å². The van der Waals surface area contributed by atoms with Gasteiger partial charge in [0.05, 0.1) is 6.54 Å². The van der Waals surface area contributed by atoms with Crippen LogP contribution in [-0.2, 0) is 4.79 Å². The molecule has 3 N–H and O–H groups in total. The monoisotopic (exact) mass is 242 g/mol. The van der Waals surface area contributed by atoms with Crippen molar-refractivity contribution in [3.63, 3.8) is 0 Å². The predicted octanol–water partition coefficient (Wildman–Crippen LogP) is -0.523. The van der Waals surface area contributed by atoms with Gasteiger partial charge in [-0.1, -0.05) is 0 Å². The molecule has 0 heterocycles. The third-order valence-corrected chi connectivity index (χ3v) is 3.68. The molecule has 1 rings (SSSR count). The van der Waals surface area contributed by atoms with E-state index < -0.39 is 0 Å². The summed E-state index contributed by atoms with van der Waals surface area (Å²) in [5.74, 6) is 0.0613. The predicted molar refractivity (Wildman–Crippen MR) is 69.8 cm³/mol. The van der Waals surface area contributed by atoms with E-state index in [2.05, 4.69) is 29.2 Å². The van der Waals surface area contributed by atoms with Crippen molar-refractivity contribution in [2.75, 3.05) is 47.3 Å². The zero-order valence-corrected chi connectivity index (χ0v) is 11.3. The van der Waals surface area contributed by atoms with Crippen molar-refractivity contribution in [1.82, 2.24) is 15.1 Å². The molecule has 0 radical (unpaired) electrons. The van der Waals surface area contributed by atoms with Crippen LogP contribution in [0, 0.1) is 0 Å². The van der Waals surface area contributed by atoms with E-state index in [9.17, 15) is 4.79 Å². The van der Waals surface area contributed by atoms with Crippen molar-refractivity contribution < 1.29 is 4.79 Å². The van der Waals surface area contributed by atoms with E-state index in [0.717, 1.165) is 6.54 Å². The molecule has 5 heteroatoms. The largest absolute Gasteiger partial charge is 0.354 e. The minimum atomic E-state index is 0.0613. The first kappa shape index (κ1) is 14.4. The molecule has 1 aliphatic rings. The second-order valence-electron chi connectivity index (χ2n) is 5.28. The molecule has 5 nitrogen and oxygen atoms in total. The Hall–Kier alpha value is -0.650. The van der Waals surface area contributed by atoms with Gasteiger partial charge in [-0.15, -0.1) is 0 Å². The van der Waals surface area contributed by atoms with Gasteiger partial charge in [-0.05, 0) is 40.4 Å². The number of hydrogen-bond donors (Lipinski definition) is 2. The van der Waals surface area contributed by atoms with Crippen molar-refractivity contribution >= 4 is 5.91 Å². The number of nitrogens with zero attached hydrogens (tertiary/aromatic N) is 2. The highest BCUT2D eigenvalue weighted by atomic mass is 16.2. The average molecular weight is 242 g/mol. The Labute approximate surface area is 104 Å². The highest BCUT2D eigenvalue weighted by Gasteiger charge is 2.39. The minimum absolute atomic E-state index is 0.0613. The van der Waals surface area contributed by atoms with Crippen molar-refractivity contribution in [3.8, 4) is 0 Å². The molecule has 0 atom stereocenters. The molecule has 0 aromatic heterocycles. The molecule has 0 spiro atoms. The van der Waals surface area contributed by atoms with E-state index in [0.29, 0.717) is 19.6 Å². The van der Waals surface area contributed by atoms with Crippen LogP contribution in [0.2, 0.25) is 0 Å². The number of amides is 1. The normalized spacial score (nSPS) is 18.2. The van der Waals surface area contributed by atoms with Crippen molar-refractivity contribution in [1.29, 1.82) is 0 Å². The molecular formula is C12H26N4O. The standard InChI is InChI=1S/C12H26N4O/c1-15(2)12(5-4-6-12)10-16(3)9-11(17)14-8-7-13/h4-10,13H2,1-3H3,(H,14,17). The zero-order chi connectivity index (χ0) is 12.9. The molecule has 100 valence electrons. The number of nitrogens with two attached hydrogens (primary N) is 1. The topological polar surface area (TPSA) is 61.6 Å². The van der Waals surface area contributed by atoms with E-state index in [1.165, 1.54) is 19.3 Å².